The summed E-state index contributed by atoms with van der Waals surface area (Å²) in [5.74, 6) is -0.0262. The van der Waals surface area contributed by atoms with Crippen molar-refractivity contribution in [2.45, 2.75) is 46.5 Å². The number of aryl methyl sites for hydroxylation is 3. The Hall–Kier alpha value is -3.96. The van der Waals surface area contributed by atoms with Crippen molar-refractivity contribution < 1.29 is 4.79 Å². The number of nitrogens with zero attached hydrogens (tertiary/aromatic N) is 2. The van der Waals surface area contributed by atoms with Gasteiger partial charge < -0.3 is 9.88 Å². The van der Waals surface area contributed by atoms with Crippen molar-refractivity contribution >= 4 is 45.6 Å². The van der Waals surface area contributed by atoms with Crippen LogP contribution in [0.2, 0.25) is 0 Å². The molecule has 5 aromatic rings. The smallest absolute Gasteiger partial charge is 0.258 e. The van der Waals surface area contributed by atoms with Crippen molar-refractivity contribution in [3.05, 3.63) is 111 Å². The van der Waals surface area contributed by atoms with E-state index in [1.807, 2.05) is 36.5 Å². The Morgan fingerprint density at radius 3 is 2.55 bits per heavy atom. The van der Waals surface area contributed by atoms with Gasteiger partial charge in [0.1, 0.15) is 5.00 Å². The Bertz CT molecular complexity index is 1680. The molecular weight excluding hydrogens is 486 g/mol. The molecule has 0 fully saturated rings. The Balaban J connectivity index is 1.40. The van der Waals surface area contributed by atoms with Crippen LogP contribution in [-0.2, 0) is 12.8 Å². The minimum atomic E-state index is -0.0262. The molecular formula is C33H31N3OS. The van der Waals surface area contributed by atoms with E-state index < -0.39 is 0 Å². The van der Waals surface area contributed by atoms with Crippen LogP contribution in [0.5, 0.6) is 0 Å². The molecule has 0 unspecified atom stereocenters. The van der Waals surface area contributed by atoms with Gasteiger partial charge in [-0.2, -0.15) is 0 Å². The number of hydrogen-bond acceptors (Lipinski definition) is 3. The number of aliphatic imine (C=N–C) groups is 1. The molecule has 0 bridgehead atoms. The van der Waals surface area contributed by atoms with Gasteiger partial charge >= 0.3 is 0 Å². The van der Waals surface area contributed by atoms with Gasteiger partial charge in [-0.15, -0.1) is 11.3 Å². The molecule has 190 valence electrons. The highest BCUT2D eigenvalue weighted by atomic mass is 32.1. The van der Waals surface area contributed by atoms with Crippen LogP contribution in [0.15, 0.2) is 77.8 Å². The Morgan fingerprint density at radius 2 is 1.71 bits per heavy atom. The molecule has 2 aromatic heterocycles. The molecule has 1 aliphatic rings. The van der Waals surface area contributed by atoms with Crippen molar-refractivity contribution in [1.29, 1.82) is 0 Å². The van der Waals surface area contributed by atoms with Crippen molar-refractivity contribution in [2.24, 2.45) is 4.99 Å². The lowest BCUT2D eigenvalue weighted by molar-refractivity contribution is 0.102. The summed E-state index contributed by atoms with van der Waals surface area (Å²) in [6.45, 7) is 6.29. The van der Waals surface area contributed by atoms with Gasteiger partial charge in [0.2, 0.25) is 0 Å². The summed E-state index contributed by atoms with van der Waals surface area (Å²) in [5.41, 5.74) is 8.26. The third-order valence-electron chi connectivity index (χ3n) is 7.47. The van der Waals surface area contributed by atoms with Gasteiger partial charge in [-0.3, -0.25) is 9.79 Å². The van der Waals surface area contributed by atoms with Crippen LogP contribution < -0.4 is 5.32 Å². The fourth-order valence-corrected chi connectivity index (χ4v) is 6.96. The fraction of sp³-hybridized carbons (Fsp3) is 0.212. The van der Waals surface area contributed by atoms with Gasteiger partial charge in [0.15, 0.2) is 0 Å². The average molecular weight is 518 g/mol. The van der Waals surface area contributed by atoms with Crippen LogP contribution in [0.4, 0.5) is 11.4 Å². The number of aromatic nitrogens is 1. The highest BCUT2D eigenvalue weighted by molar-refractivity contribution is 7.15. The summed E-state index contributed by atoms with van der Waals surface area (Å²) < 4.78 is 2.25. The number of nitrogens with one attached hydrogen (secondary N) is 1. The Kier molecular flexibility index (Phi) is 6.46. The zero-order valence-corrected chi connectivity index (χ0v) is 22.9. The van der Waals surface area contributed by atoms with Gasteiger partial charge in [0.25, 0.3) is 5.91 Å². The fourth-order valence-electron chi connectivity index (χ4n) is 5.46. The standard InChI is InChI=1S/C33H31N3OS/c1-21-15-17-26(18-16-21)35-32(37)31-28-12-6-7-14-30(28)38-33(31)36-22(2)19-25(23(36)3)20-34-29-13-8-10-24-9-4-5-11-27(24)29/h4-5,8-11,13,15-20H,6-7,12,14H2,1-3H3,(H,35,37). The molecule has 0 atom stereocenters. The number of hydrogen-bond donors (Lipinski definition) is 1. The topological polar surface area (TPSA) is 46.4 Å². The maximum Gasteiger partial charge on any atom is 0.258 e. The third kappa shape index (κ3) is 4.48. The molecule has 1 aliphatic carbocycles. The highest BCUT2D eigenvalue weighted by Crippen LogP contribution is 2.39. The van der Waals surface area contributed by atoms with Crippen LogP contribution in [0.3, 0.4) is 0 Å². The summed E-state index contributed by atoms with van der Waals surface area (Å²) >= 11 is 1.77. The molecule has 0 spiro atoms. The lowest BCUT2D eigenvalue weighted by Gasteiger charge is -2.14. The lowest BCUT2D eigenvalue weighted by atomic mass is 9.95. The zero-order valence-electron chi connectivity index (χ0n) is 22.0. The van der Waals surface area contributed by atoms with E-state index in [9.17, 15) is 4.79 Å². The number of amides is 1. The Morgan fingerprint density at radius 1 is 0.947 bits per heavy atom. The van der Waals surface area contributed by atoms with Crippen LogP contribution in [0, 0.1) is 20.8 Å². The first-order valence-electron chi connectivity index (χ1n) is 13.2. The predicted octanol–water partition coefficient (Wildman–Crippen LogP) is 8.50. The average Bonchev–Trinajstić information content (AvgIpc) is 3.44. The molecule has 5 heteroatoms. The van der Waals surface area contributed by atoms with Crippen LogP contribution >= 0.6 is 11.3 Å². The van der Waals surface area contributed by atoms with Crippen LogP contribution in [0.1, 0.15) is 56.2 Å². The summed E-state index contributed by atoms with van der Waals surface area (Å²) in [5, 5.41) is 6.51. The van der Waals surface area contributed by atoms with Crippen molar-refractivity contribution in [3.63, 3.8) is 0 Å². The van der Waals surface area contributed by atoms with Gasteiger partial charge in [-0.1, -0.05) is 54.1 Å². The molecule has 0 saturated carbocycles. The second-order valence-corrected chi connectivity index (χ2v) is 11.2. The van der Waals surface area contributed by atoms with Gasteiger partial charge in [-0.25, -0.2) is 0 Å². The second kappa shape index (κ2) is 10.1. The van der Waals surface area contributed by atoms with Crippen molar-refractivity contribution in [2.75, 3.05) is 5.32 Å². The highest BCUT2D eigenvalue weighted by Gasteiger charge is 2.28. The first kappa shape index (κ1) is 24.4. The van der Waals surface area contributed by atoms with Gasteiger partial charge in [0, 0.05) is 39.1 Å². The monoisotopic (exact) mass is 517 g/mol. The second-order valence-electron chi connectivity index (χ2n) is 10.1. The summed E-state index contributed by atoms with van der Waals surface area (Å²) in [6.07, 6.45) is 6.26. The van der Waals surface area contributed by atoms with Gasteiger partial charge in [-0.05, 0) is 81.7 Å². The minimum Gasteiger partial charge on any atom is -0.322 e. The van der Waals surface area contributed by atoms with E-state index in [0.717, 1.165) is 63.5 Å². The lowest BCUT2D eigenvalue weighted by Crippen LogP contribution is -2.17. The molecule has 6 rings (SSSR count). The van der Waals surface area contributed by atoms with E-state index in [0.29, 0.717) is 0 Å². The van der Waals surface area contributed by atoms with E-state index in [1.165, 1.54) is 27.8 Å². The third-order valence-corrected chi connectivity index (χ3v) is 8.75. The summed E-state index contributed by atoms with van der Waals surface area (Å²) in [7, 11) is 0. The van der Waals surface area contributed by atoms with Crippen LogP contribution in [-0.4, -0.2) is 16.7 Å². The maximum atomic E-state index is 13.7. The van der Waals surface area contributed by atoms with E-state index in [-0.39, 0.29) is 5.91 Å². The van der Waals surface area contributed by atoms with E-state index in [2.05, 4.69) is 73.1 Å². The minimum absolute atomic E-state index is 0.0262. The van der Waals surface area contributed by atoms with Gasteiger partial charge in [0.05, 0.1) is 11.3 Å². The van der Waals surface area contributed by atoms with Crippen molar-refractivity contribution in [1.82, 2.24) is 4.57 Å². The number of carbonyl (C=O) groups excluding carboxylic acids is 1. The summed E-state index contributed by atoms with van der Waals surface area (Å²) in [6, 6.07) is 24.7. The molecule has 0 radical (unpaired) electrons. The van der Waals surface area contributed by atoms with Crippen molar-refractivity contribution in [3.8, 4) is 5.00 Å². The first-order chi connectivity index (χ1) is 18.5. The Labute approximate surface area is 227 Å². The molecule has 4 nitrogen and oxygen atoms in total. The largest absolute Gasteiger partial charge is 0.322 e. The number of thiophene rings is 1. The molecule has 2 heterocycles. The number of anilines is 1. The normalized spacial score (nSPS) is 13.2. The molecule has 3 aromatic carbocycles. The van der Waals surface area contributed by atoms with E-state index in [4.69, 9.17) is 4.99 Å². The quantitative estimate of drug-likeness (QED) is 0.233. The SMILES string of the molecule is Cc1ccc(NC(=O)c2c(-n3c(C)cc(C=Nc4cccc5ccccc45)c3C)sc3c2CCCC3)cc1. The number of carbonyl (C=O) groups is 1. The number of benzene rings is 3. The summed E-state index contributed by atoms with van der Waals surface area (Å²) in [4.78, 5) is 20.0. The zero-order chi connectivity index (χ0) is 26.2. The first-order valence-corrected chi connectivity index (χ1v) is 14.0. The maximum absolute atomic E-state index is 13.7. The molecule has 0 saturated heterocycles. The van der Waals surface area contributed by atoms with Crippen LogP contribution in [0.25, 0.3) is 15.8 Å². The molecule has 38 heavy (non-hydrogen) atoms. The predicted molar refractivity (Wildman–Crippen MR) is 160 cm³/mol. The van der Waals surface area contributed by atoms with E-state index >= 15 is 0 Å². The number of fused-ring (bicyclic) bond motifs is 2. The van der Waals surface area contributed by atoms with E-state index in [1.54, 1.807) is 11.3 Å². The molecule has 1 N–H and O–H groups in total. The number of rotatable bonds is 5. The molecule has 0 aliphatic heterocycles. The molecule has 1 amide bonds.